The number of ether oxygens (including phenoxy) is 1. The fraction of sp³-hybridized carbons (Fsp3) is 0.600. The van der Waals surface area contributed by atoms with Crippen LogP contribution < -0.4 is 4.74 Å². The molecule has 1 aromatic heterocycles. The lowest BCUT2D eigenvalue weighted by Crippen LogP contribution is -2.02. The standard InChI is InChI=1S/C10H16N2O/c1-4-5-6-13-10-11-8(2)7-9(3)12-10/h7H,4-6H2,1-3H3. The Morgan fingerprint density at radius 2 is 1.85 bits per heavy atom. The third kappa shape index (κ3) is 3.40. The van der Waals surface area contributed by atoms with Crippen LogP contribution in [0.25, 0.3) is 0 Å². The molecule has 0 radical (unpaired) electrons. The van der Waals surface area contributed by atoms with E-state index < -0.39 is 0 Å². The van der Waals surface area contributed by atoms with E-state index >= 15 is 0 Å². The molecule has 1 rings (SSSR count). The van der Waals surface area contributed by atoms with Gasteiger partial charge in [-0.15, -0.1) is 0 Å². The molecule has 0 aliphatic carbocycles. The molecule has 1 heterocycles. The molecule has 0 aliphatic rings. The molecule has 0 aliphatic heterocycles. The van der Waals surface area contributed by atoms with Crippen molar-refractivity contribution in [3.63, 3.8) is 0 Å². The first kappa shape index (κ1) is 9.96. The molecule has 0 unspecified atom stereocenters. The summed E-state index contributed by atoms with van der Waals surface area (Å²) >= 11 is 0. The Bertz CT molecular complexity index is 253. The maximum atomic E-state index is 5.39. The fourth-order valence-corrected chi connectivity index (χ4v) is 1.07. The van der Waals surface area contributed by atoms with Crippen molar-refractivity contribution in [3.05, 3.63) is 17.5 Å². The van der Waals surface area contributed by atoms with Crippen LogP contribution in [0.15, 0.2) is 6.07 Å². The summed E-state index contributed by atoms with van der Waals surface area (Å²) in [5.74, 6) is 0. The molecule has 0 spiro atoms. The molecule has 3 nitrogen and oxygen atoms in total. The second kappa shape index (κ2) is 4.80. The van der Waals surface area contributed by atoms with Gasteiger partial charge in [0.2, 0.25) is 0 Å². The van der Waals surface area contributed by atoms with E-state index in [-0.39, 0.29) is 0 Å². The molecule has 0 aromatic carbocycles. The minimum atomic E-state index is 0.506. The molecule has 0 bridgehead atoms. The van der Waals surface area contributed by atoms with Crippen LogP contribution in [0, 0.1) is 13.8 Å². The van der Waals surface area contributed by atoms with Crippen molar-refractivity contribution < 1.29 is 4.74 Å². The van der Waals surface area contributed by atoms with Gasteiger partial charge in [0.05, 0.1) is 6.61 Å². The highest BCUT2D eigenvalue weighted by molar-refractivity contribution is 5.10. The van der Waals surface area contributed by atoms with Gasteiger partial charge in [0.15, 0.2) is 0 Å². The maximum Gasteiger partial charge on any atom is 0.316 e. The molecule has 0 N–H and O–H groups in total. The predicted molar refractivity (Wildman–Crippen MR) is 51.9 cm³/mol. The molecule has 1 aromatic rings. The van der Waals surface area contributed by atoms with Gasteiger partial charge in [-0.2, -0.15) is 0 Å². The normalized spacial score (nSPS) is 10.1. The Hall–Kier alpha value is -1.12. The molecule has 0 saturated carbocycles. The summed E-state index contributed by atoms with van der Waals surface area (Å²) in [4.78, 5) is 8.34. The van der Waals surface area contributed by atoms with Gasteiger partial charge < -0.3 is 4.74 Å². The zero-order chi connectivity index (χ0) is 9.68. The summed E-state index contributed by atoms with van der Waals surface area (Å²) in [7, 11) is 0. The van der Waals surface area contributed by atoms with Crippen LogP contribution in [0.3, 0.4) is 0 Å². The van der Waals surface area contributed by atoms with Crippen molar-refractivity contribution >= 4 is 0 Å². The SMILES string of the molecule is CCCCOc1nc(C)cc(C)n1. The average molecular weight is 180 g/mol. The van der Waals surface area contributed by atoms with Gasteiger partial charge >= 0.3 is 6.01 Å². The second-order valence-electron chi connectivity index (χ2n) is 3.14. The number of hydrogen-bond acceptors (Lipinski definition) is 3. The quantitative estimate of drug-likeness (QED) is 0.667. The Morgan fingerprint density at radius 1 is 1.23 bits per heavy atom. The number of hydrogen-bond donors (Lipinski definition) is 0. The fourth-order valence-electron chi connectivity index (χ4n) is 1.07. The van der Waals surface area contributed by atoms with Crippen LogP contribution >= 0.6 is 0 Å². The van der Waals surface area contributed by atoms with E-state index in [0.29, 0.717) is 12.6 Å². The van der Waals surface area contributed by atoms with E-state index in [4.69, 9.17) is 4.74 Å². The van der Waals surface area contributed by atoms with Crippen molar-refractivity contribution in [1.29, 1.82) is 0 Å². The summed E-state index contributed by atoms with van der Waals surface area (Å²) in [5, 5.41) is 0. The molecule has 72 valence electrons. The third-order valence-electron chi connectivity index (χ3n) is 1.69. The third-order valence-corrected chi connectivity index (χ3v) is 1.69. The molecule has 0 fully saturated rings. The lowest BCUT2D eigenvalue weighted by molar-refractivity contribution is 0.284. The van der Waals surface area contributed by atoms with Crippen LogP contribution in [-0.2, 0) is 0 Å². The van der Waals surface area contributed by atoms with Crippen molar-refractivity contribution in [2.75, 3.05) is 6.61 Å². The molecule has 3 heteroatoms. The first-order chi connectivity index (χ1) is 6.22. The van der Waals surface area contributed by atoms with Gasteiger partial charge in [-0.3, -0.25) is 0 Å². The molecular formula is C10H16N2O. The topological polar surface area (TPSA) is 35.0 Å². The Kier molecular flexibility index (Phi) is 3.68. The summed E-state index contributed by atoms with van der Waals surface area (Å²) in [5.41, 5.74) is 1.91. The molecule has 0 atom stereocenters. The highest BCUT2D eigenvalue weighted by atomic mass is 16.5. The van der Waals surface area contributed by atoms with E-state index in [1.165, 1.54) is 0 Å². The first-order valence-electron chi connectivity index (χ1n) is 4.67. The van der Waals surface area contributed by atoms with Crippen LogP contribution in [0.2, 0.25) is 0 Å². The van der Waals surface area contributed by atoms with Gasteiger partial charge in [0, 0.05) is 11.4 Å². The van der Waals surface area contributed by atoms with Crippen LogP contribution in [0.4, 0.5) is 0 Å². The van der Waals surface area contributed by atoms with Gasteiger partial charge in [0.25, 0.3) is 0 Å². The number of unbranched alkanes of at least 4 members (excludes halogenated alkanes) is 1. The van der Waals surface area contributed by atoms with Crippen molar-refractivity contribution in [2.24, 2.45) is 0 Å². The maximum absolute atomic E-state index is 5.39. The Morgan fingerprint density at radius 3 is 2.38 bits per heavy atom. The molecule has 0 saturated heterocycles. The minimum absolute atomic E-state index is 0.506. The Labute approximate surface area is 79.2 Å². The van der Waals surface area contributed by atoms with Crippen LogP contribution in [-0.4, -0.2) is 16.6 Å². The lowest BCUT2D eigenvalue weighted by Gasteiger charge is -2.04. The van der Waals surface area contributed by atoms with Gasteiger partial charge in [-0.25, -0.2) is 9.97 Å². The first-order valence-corrected chi connectivity index (χ1v) is 4.67. The summed E-state index contributed by atoms with van der Waals surface area (Å²) in [6.45, 7) is 6.73. The summed E-state index contributed by atoms with van der Waals surface area (Å²) in [6, 6.07) is 2.44. The minimum Gasteiger partial charge on any atom is -0.463 e. The average Bonchev–Trinajstić information content (AvgIpc) is 2.03. The number of aryl methyl sites for hydroxylation is 2. The van der Waals surface area contributed by atoms with E-state index in [1.54, 1.807) is 0 Å². The van der Waals surface area contributed by atoms with E-state index in [2.05, 4.69) is 16.9 Å². The van der Waals surface area contributed by atoms with Crippen LogP contribution in [0.5, 0.6) is 6.01 Å². The van der Waals surface area contributed by atoms with E-state index in [1.807, 2.05) is 19.9 Å². The van der Waals surface area contributed by atoms with E-state index in [0.717, 1.165) is 24.2 Å². The molecular weight excluding hydrogens is 164 g/mol. The highest BCUT2D eigenvalue weighted by Gasteiger charge is 1.98. The van der Waals surface area contributed by atoms with Gasteiger partial charge in [-0.05, 0) is 26.3 Å². The van der Waals surface area contributed by atoms with E-state index in [9.17, 15) is 0 Å². The largest absolute Gasteiger partial charge is 0.463 e. The highest BCUT2D eigenvalue weighted by Crippen LogP contribution is 2.06. The number of nitrogens with zero attached hydrogens (tertiary/aromatic N) is 2. The Balaban J connectivity index is 2.56. The molecule has 13 heavy (non-hydrogen) atoms. The van der Waals surface area contributed by atoms with Crippen molar-refractivity contribution in [2.45, 2.75) is 33.6 Å². The predicted octanol–water partition coefficient (Wildman–Crippen LogP) is 2.27. The lowest BCUT2D eigenvalue weighted by atomic mass is 10.3. The number of aromatic nitrogens is 2. The summed E-state index contributed by atoms with van der Waals surface area (Å²) < 4.78 is 5.39. The van der Waals surface area contributed by atoms with Crippen molar-refractivity contribution in [3.8, 4) is 6.01 Å². The van der Waals surface area contributed by atoms with Crippen molar-refractivity contribution in [1.82, 2.24) is 9.97 Å². The zero-order valence-electron chi connectivity index (χ0n) is 8.50. The number of rotatable bonds is 4. The van der Waals surface area contributed by atoms with Gasteiger partial charge in [-0.1, -0.05) is 13.3 Å². The summed E-state index contributed by atoms with van der Waals surface area (Å²) in [6.07, 6.45) is 2.18. The molecule has 0 amide bonds. The second-order valence-corrected chi connectivity index (χ2v) is 3.14. The monoisotopic (exact) mass is 180 g/mol. The van der Waals surface area contributed by atoms with Crippen LogP contribution in [0.1, 0.15) is 31.2 Å². The smallest absolute Gasteiger partial charge is 0.316 e. The van der Waals surface area contributed by atoms with Gasteiger partial charge in [0.1, 0.15) is 0 Å². The zero-order valence-corrected chi connectivity index (χ0v) is 8.50.